The molecule has 2 heterocycles. The molecule has 0 spiro atoms. The molecule has 1 unspecified atom stereocenters. The molecule has 1 N–H and O–H groups in total. The lowest BCUT2D eigenvalue weighted by Crippen LogP contribution is -2.28. The Balaban J connectivity index is 1.47. The van der Waals surface area contributed by atoms with Crippen LogP contribution in [0.3, 0.4) is 0 Å². The molecule has 1 fully saturated rings. The Hall–Kier alpha value is -3.22. The topological polar surface area (TPSA) is 77.1 Å². The normalized spacial score (nSPS) is 17.9. The number of carbonyl (C=O) groups is 2. The van der Waals surface area contributed by atoms with Crippen LogP contribution in [0.5, 0.6) is 17.2 Å². The number of hydrogen-bond acceptors (Lipinski definition) is 5. The number of fused-ring (bicyclic) bond motifs is 1. The smallest absolute Gasteiger partial charge is 0.231 e. The maximum absolute atomic E-state index is 12.7. The molecule has 28 heavy (non-hydrogen) atoms. The Kier molecular flexibility index (Phi) is 4.81. The zero-order valence-electron chi connectivity index (χ0n) is 15.8. The number of rotatable bonds is 5. The highest BCUT2D eigenvalue weighted by Crippen LogP contribution is 2.36. The fraction of sp³-hybridized carbons (Fsp3) is 0.333. The van der Waals surface area contributed by atoms with Gasteiger partial charge in [0.15, 0.2) is 11.5 Å². The zero-order valence-corrected chi connectivity index (χ0v) is 15.8. The number of ether oxygens (including phenoxy) is 3. The molecule has 1 atom stereocenters. The molecule has 0 bridgehead atoms. The van der Waals surface area contributed by atoms with Gasteiger partial charge in [-0.3, -0.25) is 9.59 Å². The number of amides is 2. The third-order valence-corrected chi connectivity index (χ3v) is 4.65. The van der Waals surface area contributed by atoms with Crippen molar-refractivity contribution in [1.29, 1.82) is 0 Å². The Labute approximate surface area is 163 Å². The van der Waals surface area contributed by atoms with Crippen LogP contribution in [-0.2, 0) is 9.59 Å². The predicted molar refractivity (Wildman–Crippen MR) is 104 cm³/mol. The monoisotopic (exact) mass is 382 g/mol. The van der Waals surface area contributed by atoms with E-state index in [4.69, 9.17) is 14.2 Å². The highest BCUT2D eigenvalue weighted by Gasteiger charge is 2.36. The average Bonchev–Trinajstić information content (AvgIpc) is 3.28. The fourth-order valence-electron chi connectivity index (χ4n) is 3.37. The summed E-state index contributed by atoms with van der Waals surface area (Å²) in [6.07, 6.45) is 0.149. The van der Waals surface area contributed by atoms with Gasteiger partial charge in [-0.15, -0.1) is 0 Å². The first-order chi connectivity index (χ1) is 13.5. The molecule has 2 aromatic carbocycles. The molecule has 2 aliphatic rings. The van der Waals surface area contributed by atoms with Crippen molar-refractivity contribution in [2.75, 3.05) is 23.6 Å². The van der Waals surface area contributed by atoms with Crippen LogP contribution in [0, 0.1) is 5.92 Å². The summed E-state index contributed by atoms with van der Waals surface area (Å²) in [5, 5.41) is 2.87. The average molecular weight is 382 g/mol. The van der Waals surface area contributed by atoms with E-state index in [0.717, 1.165) is 0 Å². The second kappa shape index (κ2) is 7.42. The van der Waals surface area contributed by atoms with Gasteiger partial charge in [-0.2, -0.15) is 0 Å². The van der Waals surface area contributed by atoms with E-state index in [1.807, 2.05) is 38.1 Å². The van der Waals surface area contributed by atoms with Crippen molar-refractivity contribution in [2.45, 2.75) is 26.4 Å². The van der Waals surface area contributed by atoms with E-state index in [-0.39, 0.29) is 31.1 Å². The summed E-state index contributed by atoms with van der Waals surface area (Å²) >= 11 is 0. The van der Waals surface area contributed by atoms with Crippen LogP contribution < -0.4 is 24.4 Å². The van der Waals surface area contributed by atoms with Crippen molar-refractivity contribution in [3.8, 4) is 17.2 Å². The van der Waals surface area contributed by atoms with Crippen molar-refractivity contribution >= 4 is 23.2 Å². The molecule has 1 saturated heterocycles. The first-order valence-electron chi connectivity index (χ1n) is 9.28. The molecule has 0 radical (unpaired) electrons. The van der Waals surface area contributed by atoms with E-state index >= 15 is 0 Å². The molecule has 0 aliphatic carbocycles. The third kappa shape index (κ3) is 3.60. The summed E-state index contributed by atoms with van der Waals surface area (Å²) in [6, 6.07) is 12.6. The van der Waals surface area contributed by atoms with Crippen LogP contribution in [0.1, 0.15) is 20.3 Å². The van der Waals surface area contributed by atoms with Crippen molar-refractivity contribution in [2.24, 2.45) is 5.92 Å². The number of para-hydroxylation sites is 2. The Bertz CT molecular complexity index is 911. The number of hydrogen-bond donors (Lipinski definition) is 1. The predicted octanol–water partition coefficient (Wildman–Crippen LogP) is 3.19. The largest absolute Gasteiger partial charge is 0.489 e. The van der Waals surface area contributed by atoms with Crippen molar-refractivity contribution in [1.82, 2.24) is 0 Å². The molecule has 2 aliphatic heterocycles. The van der Waals surface area contributed by atoms with Crippen molar-refractivity contribution < 1.29 is 23.8 Å². The van der Waals surface area contributed by atoms with Gasteiger partial charge in [0, 0.05) is 24.7 Å². The van der Waals surface area contributed by atoms with Crippen LogP contribution in [0.15, 0.2) is 42.5 Å². The lowest BCUT2D eigenvalue weighted by molar-refractivity contribution is -0.122. The minimum Gasteiger partial charge on any atom is -0.489 e. The number of benzene rings is 2. The van der Waals surface area contributed by atoms with Gasteiger partial charge in [0.1, 0.15) is 5.75 Å². The molecule has 2 amide bonds. The molecule has 4 rings (SSSR count). The Morgan fingerprint density at radius 3 is 2.79 bits per heavy atom. The second-order valence-electron chi connectivity index (χ2n) is 7.10. The first-order valence-corrected chi connectivity index (χ1v) is 9.28. The van der Waals surface area contributed by atoms with Crippen LogP contribution in [-0.4, -0.2) is 31.3 Å². The number of nitrogens with one attached hydrogen (secondary N) is 1. The fourth-order valence-corrected chi connectivity index (χ4v) is 3.37. The lowest BCUT2D eigenvalue weighted by atomic mass is 10.1. The lowest BCUT2D eigenvalue weighted by Gasteiger charge is -2.21. The number of nitrogens with zero attached hydrogens (tertiary/aromatic N) is 1. The Morgan fingerprint density at radius 1 is 1.18 bits per heavy atom. The zero-order chi connectivity index (χ0) is 19.7. The van der Waals surface area contributed by atoms with E-state index in [0.29, 0.717) is 35.2 Å². The van der Waals surface area contributed by atoms with Crippen LogP contribution in [0.2, 0.25) is 0 Å². The summed E-state index contributed by atoms with van der Waals surface area (Å²) < 4.78 is 16.4. The van der Waals surface area contributed by atoms with Crippen LogP contribution >= 0.6 is 0 Å². The first kappa shape index (κ1) is 18.2. The molecule has 146 valence electrons. The Morgan fingerprint density at radius 2 is 1.96 bits per heavy atom. The molecule has 7 heteroatoms. The minimum absolute atomic E-state index is 0.0102. The maximum atomic E-state index is 12.7. The molecular formula is C21H22N2O5. The summed E-state index contributed by atoms with van der Waals surface area (Å²) in [6.45, 7) is 4.36. The van der Waals surface area contributed by atoms with Gasteiger partial charge in [0.25, 0.3) is 0 Å². The van der Waals surface area contributed by atoms with Gasteiger partial charge < -0.3 is 24.4 Å². The summed E-state index contributed by atoms with van der Waals surface area (Å²) in [7, 11) is 0. The number of anilines is 2. The second-order valence-corrected chi connectivity index (χ2v) is 7.10. The van der Waals surface area contributed by atoms with E-state index in [9.17, 15) is 9.59 Å². The molecule has 0 aromatic heterocycles. The van der Waals surface area contributed by atoms with Crippen LogP contribution in [0.25, 0.3) is 0 Å². The van der Waals surface area contributed by atoms with E-state index in [1.165, 1.54) is 0 Å². The standard InChI is InChI=1S/C21H22N2O5/c1-13(2)28-17-6-4-3-5-16(17)23-11-14(9-20(23)24)21(25)22-15-7-8-18-19(10-15)27-12-26-18/h3-8,10,13-14H,9,11-12H2,1-2H3,(H,22,25). The van der Waals surface area contributed by atoms with Gasteiger partial charge in [0.05, 0.1) is 17.7 Å². The SMILES string of the molecule is CC(C)Oc1ccccc1N1CC(C(=O)Nc2ccc3c(c2)OCO3)CC1=O. The summed E-state index contributed by atoms with van der Waals surface area (Å²) in [5.74, 6) is 1.17. The van der Waals surface area contributed by atoms with E-state index in [1.54, 1.807) is 23.1 Å². The number of carbonyl (C=O) groups excluding carboxylic acids is 2. The highest BCUT2D eigenvalue weighted by molar-refractivity contribution is 6.04. The minimum atomic E-state index is -0.440. The van der Waals surface area contributed by atoms with Gasteiger partial charge in [-0.1, -0.05) is 12.1 Å². The van der Waals surface area contributed by atoms with Gasteiger partial charge in [0.2, 0.25) is 18.6 Å². The van der Waals surface area contributed by atoms with Gasteiger partial charge in [-0.25, -0.2) is 0 Å². The summed E-state index contributed by atoms with van der Waals surface area (Å²) in [5.41, 5.74) is 1.31. The van der Waals surface area contributed by atoms with Crippen LogP contribution in [0.4, 0.5) is 11.4 Å². The molecule has 2 aromatic rings. The maximum Gasteiger partial charge on any atom is 0.231 e. The molecule has 0 saturated carbocycles. The third-order valence-electron chi connectivity index (χ3n) is 4.65. The summed E-state index contributed by atoms with van der Waals surface area (Å²) in [4.78, 5) is 26.9. The van der Waals surface area contributed by atoms with E-state index in [2.05, 4.69) is 5.32 Å². The van der Waals surface area contributed by atoms with Gasteiger partial charge in [-0.05, 0) is 38.1 Å². The molecule has 7 nitrogen and oxygen atoms in total. The van der Waals surface area contributed by atoms with Gasteiger partial charge >= 0.3 is 0 Å². The quantitative estimate of drug-likeness (QED) is 0.859. The molecular weight excluding hydrogens is 360 g/mol. The highest BCUT2D eigenvalue weighted by atomic mass is 16.7. The van der Waals surface area contributed by atoms with E-state index < -0.39 is 5.92 Å². The van der Waals surface area contributed by atoms with Crippen molar-refractivity contribution in [3.63, 3.8) is 0 Å². The van der Waals surface area contributed by atoms with Crippen molar-refractivity contribution in [3.05, 3.63) is 42.5 Å².